The fourth-order valence-electron chi connectivity index (χ4n) is 3.76. The Morgan fingerprint density at radius 3 is 2.52 bits per heavy atom. The van der Waals surface area contributed by atoms with E-state index in [1.54, 1.807) is 47.3 Å². The molecule has 0 unspecified atom stereocenters. The molecule has 164 valence electrons. The van der Waals surface area contributed by atoms with Crippen LogP contribution in [0.25, 0.3) is 21.8 Å². The number of nitrogens with zero attached hydrogens (tertiary/aromatic N) is 3. The maximum absolute atomic E-state index is 13.2. The molecule has 0 saturated heterocycles. The van der Waals surface area contributed by atoms with Gasteiger partial charge >= 0.3 is 0 Å². The highest BCUT2D eigenvalue weighted by molar-refractivity contribution is 7.91. The molecule has 2 aromatic heterocycles. The molecule has 0 spiro atoms. The number of amides is 1. The number of pyridine rings is 1. The van der Waals surface area contributed by atoms with E-state index in [9.17, 15) is 13.2 Å². The van der Waals surface area contributed by atoms with Crippen molar-refractivity contribution in [2.75, 3.05) is 5.32 Å². The summed E-state index contributed by atoms with van der Waals surface area (Å²) in [5, 5.41) is 8.93. The van der Waals surface area contributed by atoms with Gasteiger partial charge in [-0.15, -0.1) is 0 Å². The summed E-state index contributed by atoms with van der Waals surface area (Å²) < 4.78 is 28.1. The van der Waals surface area contributed by atoms with E-state index in [2.05, 4.69) is 15.4 Å². The monoisotopic (exact) mass is 457 g/mol. The number of nitrogens with two attached hydrogens (primary N) is 1. The van der Waals surface area contributed by atoms with Gasteiger partial charge in [0.1, 0.15) is 0 Å². The van der Waals surface area contributed by atoms with E-state index in [0.717, 1.165) is 10.9 Å². The van der Waals surface area contributed by atoms with Crippen molar-refractivity contribution in [1.29, 1.82) is 0 Å². The Balaban J connectivity index is 1.70. The Morgan fingerprint density at radius 1 is 0.970 bits per heavy atom. The molecule has 0 bridgehead atoms. The van der Waals surface area contributed by atoms with Crippen LogP contribution in [-0.2, 0) is 16.9 Å². The number of aromatic nitrogens is 3. The van der Waals surface area contributed by atoms with Crippen LogP contribution in [0, 0.1) is 0 Å². The first-order valence-electron chi connectivity index (χ1n) is 10.1. The number of hydrogen-bond donors (Lipinski definition) is 2. The van der Waals surface area contributed by atoms with Crippen molar-refractivity contribution >= 4 is 48.9 Å². The van der Waals surface area contributed by atoms with Crippen LogP contribution in [0.1, 0.15) is 10.4 Å². The topological polar surface area (TPSA) is 120 Å². The molecule has 3 N–H and O–H groups in total. The fourth-order valence-corrected chi connectivity index (χ4v) is 5.07. The van der Waals surface area contributed by atoms with Crippen LogP contribution in [0.5, 0.6) is 0 Å². The van der Waals surface area contributed by atoms with Gasteiger partial charge in [0.25, 0.3) is 5.91 Å². The largest absolute Gasteiger partial charge is 0.365 e. The van der Waals surface area contributed by atoms with Gasteiger partial charge in [0.05, 0.1) is 38.3 Å². The summed E-state index contributed by atoms with van der Waals surface area (Å²) in [6, 6.07) is 18.5. The standard InChI is InChI=1S/C24H19N5O3S/c1-29-22-11-16(8-7-15(22)13-27-29)28-23-19-12-18(33(31,32)17-5-3-2-4-6-17)9-10-21(19)26-14-20(23)24(25)30/h2-14H,1H3,(H2,25,30)(H,26,28). The molecule has 0 aliphatic rings. The molecule has 0 aliphatic heterocycles. The number of rotatable bonds is 5. The smallest absolute Gasteiger partial charge is 0.252 e. The van der Waals surface area contributed by atoms with Gasteiger partial charge in [0.15, 0.2) is 0 Å². The molecule has 2 heterocycles. The highest BCUT2D eigenvalue weighted by Crippen LogP contribution is 2.33. The van der Waals surface area contributed by atoms with Crippen LogP contribution in [0.4, 0.5) is 11.4 Å². The molecule has 5 rings (SSSR count). The second kappa shape index (κ2) is 7.72. The molecular weight excluding hydrogens is 438 g/mol. The van der Waals surface area contributed by atoms with E-state index < -0.39 is 15.7 Å². The molecule has 9 heteroatoms. The van der Waals surface area contributed by atoms with Crippen molar-refractivity contribution in [1.82, 2.24) is 14.8 Å². The molecule has 0 radical (unpaired) electrons. The maximum Gasteiger partial charge on any atom is 0.252 e. The normalized spacial score (nSPS) is 11.7. The van der Waals surface area contributed by atoms with Crippen molar-refractivity contribution in [2.45, 2.75) is 9.79 Å². The van der Waals surface area contributed by atoms with Gasteiger partial charge < -0.3 is 11.1 Å². The van der Waals surface area contributed by atoms with Gasteiger partial charge in [0.2, 0.25) is 9.84 Å². The van der Waals surface area contributed by atoms with Crippen LogP contribution in [0.3, 0.4) is 0 Å². The summed E-state index contributed by atoms with van der Waals surface area (Å²) in [5.41, 5.74) is 8.27. The number of hydrogen-bond acceptors (Lipinski definition) is 6. The number of benzene rings is 3. The van der Waals surface area contributed by atoms with Gasteiger partial charge in [-0.05, 0) is 48.5 Å². The van der Waals surface area contributed by atoms with Gasteiger partial charge in [-0.2, -0.15) is 5.10 Å². The zero-order valence-corrected chi connectivity index (χ0v) is 18.4. The number of fused-ring (bicyclic) bond motifs is 2. The Kier molecular flexibility index (Phi) is 4.83. The SMILES string of the molecule is Cn1ncc2ccc(Nc3c(C(N)=O)cnc4ccc(S(=O)(=O)c5ccccc5)cc34)cc21. The van der Waals surface area contributed by atoms with Gasteiger partial charge in [0, 0.05) is 29.7 Å². The predicted octanol–water partition coefficient (Wildman–Crippen LogP) is 3.80. The highest BCUT2D eigenvalue weighted by atomic mass is 32.2. The van der Waals surface area contributed by atoms with Crippen LogP contribution >= 0.6 is 0 Å². The maximum atomic E-state index is 13.2. The molecule has 0 aliphatic carbocycles. The third kappa shape index (κ3) is 3.58. The van der Waals surface area contributed by atoms with Crippen LogP contribution in [-0.4, -0.2) is 29.1 Å². The molecule has 1 amide bonds. The van der Waals surface area contributed by atoms with Gasteiger partial charge in [-0.25, -0.2) is 8.42 Å². The van der Waals surface area contributed by atoms with Crippen LogP contribution in [0.2, 0.25) is 0 Å². The van der Waals surface area contributed by atoms with Crippen molar-refractivity contribution in [2.24, 2.45) is 12.8 Å². The number of anilines is 2. The van der Waals surface area contributed by atoms with E-state index in [0.29, 0.717) is 22.3 Å². The first kappa shape index (κ1) is 20.7. The van der Waals surface area contributed by atoms with E-state index in [1.165, 1.54) is 18.3 Å². The quantitative estimate of drug-likeness (QED) is 0.414. The Labute approximate surface area is 189 Å². The first-order valence-corrected chi connectivity index (χ1v) is 11.5. The summed E-state index contributed by atoms with van der Waals surface area (Å²) >= 11 is 0. The lowest BCUT2D eigenvalue weighted by Gasteiger charge is -2.14. The lowest BCUT2D eigenvalue weighted by Crippen LogP contribution is -2.14. The highest BCUT2D eigenvalue weighted by Gasteiger charge is 2.20. The second-order valence-corrected chi connectivity index (χ2v) is 9.52. The van der Waals surface area contributed by atoms with Crippen molar-refractivity contribution in [3.63, 3.8) is 0 Å². The molecule has 3 aromatic carbocycles. The summed E-state index contributed by atoms with van der Waals surface area (Å²) in [6.07, 6.45) is 3.15. The first-order chi connectivity index (χ1) is 15.8. The predicted molar refractivity (Wildman–Crippen MR) is 126 cm³/mol. The average molecular weight is 458 g/mol. The molecule has 0 atom stereocenters. The number of sulfone groups is 1. The van der Waals surface area contributed by atoms with Crippen LogP contribution in [0.15, 0.2) is 88.9 Å². The number of carbonyl (C=O) groups excluding carboxylic acids is 1. The molecule has 8 nitrogen and oxygen atoms in total. The van der Waals surface area contributed by atoms with E-state index in [4.69, 9.17) is 5.73 Å². The number of primary amides is 1. The Morgan fingerprint density at radius 2 is 1.76 bits per heavy atom. The zero-order valence-electron chi connectivity index (χ0n) is 17.6. The van der Waals surface area contributed by atoms with Crippen LogP contribution < -0.4 is 11.1 Å². The molecule has 0 fully saturated rings. The zero-order chi connectivity index (χ0) is 23.2. The molecule has 33 heavy (non-hydrogen) atoms. The van der Waals surface area contributed by atoms with Crippen molar-refractivity contribution in [3.8, 4) is 0 Å². The van der Waals surface area contributed by atoms with Gasteiger partial charge in [-0.1, -0.05) is 18.2 Å². The summed E-state index contributed by atoms with van der Waals surface area (Å²) in [6.45, 7) is 0. The third-order valence-electron chi connectivity index (χ3n) is 5.49. The molecule has 5 aromatic rings. The lowest BCUT2D eigenvalue weighted by atomic mass is 10.1. The van der Waals surface area contributed by atoms with E-state index >= 15 is 0 Å². The van der Waals surface area contributed by atoms with E-state index in [-0.39, 0.29) is 15.4 Å². The number of carbonyl (C=O) groups is 1. The molecular formula is C24H19N5O3S. The summed E-state index contributed by atoms with van der Waals surface area (Å²) in [5.74, 6) is -0.676. The van der Waals surface area contributed by atoms with Crippen molar-refractivity contribution in [3.05, 3.63) is 84.7 Å². The minimum atomic E-state index is -3.76. The average Bonchev–Trinajstić information content (AvgIpc) is 3.19. The van der Waals surface area contributed by atoms with E-state index in [1.807, 2.05) is 25.2 Å². The number of aryl methyl sites for hydroxylation is 1. The summed E-state index contributed by atoms with van der Waals surface area (Å²) in [7, 11) is -1.93. The third-order valence-corrected chi connectivity index (χ3v) is 7.25. The van der Waals surface area contributed by atoms with Crippen molar-refractivity contribution < 1.29 is 13.2 Å². The summed E-state index contributed by atoms with van der Waals surface area (Å²) in [4.78, 5) is 16.8. The Bertz CT molecular complexity index is 1640. The second-order valence-electron chi connectivity index (χ2n) is 7.57. The lowest BCUT2D eigenvalue weighted by molar-refractivity contribution is 0.100. The number of nitrogens with one attached hydrogen (secondary N) is 1. The fraction of sp³-hybridized carbons (Fsp3) is 0.0417. The minimum Gasteiger partial charge on any atom is -0.365 e. The minimum absolute atomic E-state index is 0.0924. The Hall–Kier alpha value is -4.24. The molecule has 0 saturated carbocycles. The van der Waals surface area contributed by atoms with Gasteiger partial charge in [-0.3, -0.25) is 14.5 Å².